The predicted octanol–water partition coefficient (Wildman–Crippen LogP) is 6.34. The molecule has 0 saturated heterocycles. The topological polar surface area (TPSA) is 12.9 Å². The molecule has 0 aliphatic heterocycles. The van der Waals surface area contributed by atoms with Gasteiger partial charge in [-0.25, -0.2) is 4.98 Å². The smallest absolute Gasteiger partial charge is 0.0712 e. The van der Waals surface area contributed by atoms with Crippen LogP contribution in [0, 0.1) is 6.92 Å². The summed E-state index contributed by atoms with van der Waals surface area (Å²) in [5, 5.41) is 2.42. The van der Waals surface area contributed by atoms with E-state index in [1.165, 1.54) is 22.1 Å². The van der Waals surface area contributed by atoms with Crippen LogP contribution in [0.4, 0.5) is 0 Å². The van der Waals surface area contributed by atoms with Gasteiger partial charge in [-0.1, -0.05) is 47.5 Å². The molecule has 114 valence electrons. The lowest BCUT2D eigenvalue weighted by Crippen LogP contribution is -1.94. The van der Waals surface area contributed by atoms with E-state index < -0.39 is 0 Å². The van der Waals surface area contributed by atoms with Crippen LogP contribution in [0.3, 0.4) is 0 Å². The molecule has 0 fully saturated rings. The molecule has 0 saturated carbocycles. The van der Waals surface area contributed by atoms with Gasteiger partial charge in [0.15, 0.2) is 0 Å². The molecule has 23 heavy (non-hydrogen) atoms. The van der Waals surface area contributed by atoms with E-state index in [4.69, 9.17) is 28.2 Å². The fourth-order valence-corrected chi connectivity index (χ4v) is 3.62. The number of allylic oxidation sites excluding steroid dienone is 1. The molecule has 1 aliphatic carbocycles. The average Bonchev–Trinajstić information content (AvgIpc) is 2.94. The van der Waals surface area contributed by atoms with Crippen molar-refractivity contribution in [3.8, 4) is 0 Å². The van der Waals surface area contributed by atoms with Crippen molar-refractivity contribution in [3.05, 3.63) is 74.9 Å². The third-order valence-electron chi connectivity index (χ3n) is 4.51. The van der Waals surface area contributed by atoms with Gasteiger partial charge in [0.2, 0.25) is 0 Å². The molecular weight excluding hydrogens is 325 g/mol. The molecule has 0 N–H and O–H groups in total. The molecule has 1 heterocycles. The predicted molar refractivity (Wildman–Crippen MR) is 99.1 cm³/mol. The first kappa shape index (κ1) is 14.7. The summed E-state index contributed by atoms with van der Waals surface area (Å²) < 4.78 is 0. The van der Waals surface area contributed by atoms with Gasteiger partial charge in [0.05, 0.1) is 21.3 Å². The molecule has 4 rings (SSSR count). The highest BCUT2D eigenvalue weighted by atomic mass is 35.5. The second-order valence-electron chi connectivity index (χ2n) is 5.92. The standard InChI is InChI=1S/C20H15Cl2N/c1-12-15-4-2-3-5-19(15)23-20-14(7-8-16(12)20)10-13-6-9-17(21)18(22)11-13/h2-6,9-11H,7-8H2,1H3. The molecule has 0 amide bonds. The number of aromatic nitrogens is 1. The van der Waals surface area contributed by atoms with Crippen LogP contribution in [0.25, 0.3) is 22.6 Å². The fourth-order valence-electron chi connectivity index (χ4n) is 3.31. The molecule has 0 atom stereocenters. The number of pyridine rings is 1. The number of aryl methyl sites for hydroxylation is 1. The van der Waals surface area contributed by atoms with Crippen molar-refractivity contribution >= 4 is 45.8 Å². The molecule has 1 nitrogen and oxygen atoms in total. The summed E-state index contributed by atoms with van der Waals surface area (Å²) in [5.41, 5.74) is 7.25. The third kappa shape index (κ3) is 2.54. The molecule has 2 aromatic carbocycles. The molecule has 0 bridgehead atoms. The highest BCUT2D eigenvalue weighted by molar-refractivity contribution is 6.42. The number of para-hydroxylation sites is 1. The van der Waals surface area contributed by atoms with E-state index in [-0.39, 0.29) is 0 Å². The van der Waals surface area contributed by atoms with Gasteiger partial charge in [0.25, 0.3) is 0 Å². The zero-order valence-corrected chi connectivity index (χ0v) is 14.2. The van der Waals surface area contributed by atoms with Crippen LogP contribution in [0.1, 0.15) is 28.8 Å². The first-order valence-electron chi connectivity index (χ1n) is 7.68. The summed E-state index contributed by atoms with van der Waals surface area (Å²) in [6, 6.07) is 14.1. The van der Waals surface area contributed by atoms with Crippen molar-refractivity contribution in [2.75, 3.05) is 0 Å². The normalized spacial score (nSPS) is 15.3. The Kier molecular flexibility index (Phi) is 3.63. The zero-order chi connectivity index (χ0) is 16.0. The molecule has 1 aromatic heterocycles. The van der Waals surface area contributed by atoms with Crippen LogP contribution in [0.2, 0.25) is 10.0 Å². The number of fused-ring (bicyclic) bond motifs is 2. The van der Waals surface area contributed by atoms with Crippen LogP contribution < -0.4 is 0 Å². The van der Waals surface area contributed by atoms with Gasteiger partial charge < -0.3 is 0 Å². The SMILES string of the molecule is Cc1c2c(nc3ccccc13)C(=Cc1ccc(Cl)c(Cl)c1)CC2. The van der Waals surface area contributed by atoms with E-state index in [0.29, 0.717) is 10.0 Å². The summed E-state index contributed by atoms with van der Waals surface area (Å²) in [4.78, 5) is 4.91. The fraction of sp³-hybridized carbons (Fsp3) is 0.150. The molecule has 1 aliphatic rings. The molecule has 3 heteroatoms. The first-order chi connectivity index (χ1) is 11.1. The van der Waals surface area contributed by atoms with Crippen molar-refractivity contribution in [1.29, 1.82) is 0 Å². The third-order valence-corrected chi connectivity index (χ3v) is 5.25. The Morgan fingerprint density at radius 1 is 1.00 bits per heavy atom. The first-order valence-corrected chi connectivity index (χ1v) is 8.43. The lowest BCUT2D eigenvalue weighted by Gasteiger charge is -2.08. The molecular formula is C20H15Cl2N. The van der Waals surface area contributed by atoms with Crippen molar-refractivity contribution in [1.82, 2.24) is 4.98 Å². The van der Waals surface area contributed by atoms with Gasteiger partial charge in [0, 0.05) is 5.39 Å². The zero-order valence-electron chi connectivity index (χ0n) is 12.7. The monoisotopic (exact) mass is 339 g/mol. The Morgan fingerprint density at radius 2 is 1.83 bits per heavy atom. The van der Waals surface area contributed by atoms with Crippen LogP contribution >= 0.6 is 23.2 Å². The maximum Gasteiger partial charge on any atom is 0.0712 e. The highest BCUT2D eigenvalue weighted by Crippen LogP contribution is 2.37. The second-order valence-corrected chi connectivity index (χ2v) is 6.74. The minimum absolute atomic E-state index is 0.584. The lowest BCUT2D eigenvalue weighted by atomic mass is 10.0. The number of hydrogen-bond donors (Lipinski definition) is 0. The van der Waals surface area contributed by atoms with Gasteiger partial charge in [-0.05, 0) is 66.3 Å². The van der Waals surface area contributed by atoms with Crippen LogP contribution in [-0.2, 0) is 6.42 Å². The van der Waals surface area contributed by atoms with Gasteiger partial charge in [-0.15, -0.1) is 0 Å². The van der Waals surface area contributed by atoms with Crippen molar-refractivity contribution < 1.29 is 0 Å². The number of rotatable bonds is 1. The maximum absolute atomic E-state index is 6.13. The van der Waals surface area contributed by atoms with Gasteiger partial charge >= 0.3 is 0 Å². The summed E-state index contributed by atoms with van der Waals surface area (Å²) in [7, 11) is 0. The van der Waals surface area contributed by atoms with Gasteiger partial charge in [-0.3, -0.25) is 0 Å². The molecule has 0 spiro atoms. The van der Waals surface area contributed by atoms with E-state index in [9.17, 15) is 0 Å². The molecule has 0 radical (unpaired) electrons. The van der Waals surface area contributed by atoms with Crippen LogP contribution in [0.15, 0.2) is 42.5 Å². The Balaban J connectivity index is 1.86. The van der Waals surface area contributed by atoms with E-state index in [1.807, 2.05) is 24.3 Å². The molecule has 0 unspecified atom stereocenters. The minimum atomic E-state index is 0.584. The lowest BCUT2D eigenvalue weighted by molar-refractivity contribution is 1.07. The average molecular weight is 340 g/mol. The van der Waals surface area contributed by atoms with E-state index in [1.54, 1.807) is 0 Å². The number of nitrogens with zero attached hydrogens (tertiary/aromatic N) is 1. The molecule has 3 aromatic rings. The van der Waals surface area contributed by atoms with Gasteiger partial charge in [-0.2, -0.15) is 0 Å². The number of hydrogen-bond acceptors (Lipinski definition) is 1. The maximum atomic E-state index is 6.13. The van der Waals surface area contributed by atoms with Crippen molar-refractivity contribution in [2.24, 2.45) is 0 Å². The Hall–Kier alpha value is -1.83. The second kappa shape index (κ2) is 5.67. The van der Waals surface area contributed by atoms with E-state index >= 15 is 0 Å². The van der Waals surface area contributed by atoms with Crippen molar-refractivity contribution in [3.63, 3.8) is 0 Å². The summed E-state index contributed by atoms with van der Waals surface area (Å²) in [6.07, 6.45) is 4.24. The van der Waals surface area contributed by atoms with Crippen molar-refractivity contribution in [2.45, 2.75) is 19.8 Å². The minimum Gasteiger partial charge on any atom is -0.248 e. The largest absolute Gasteiger partial charge is 0.248 e. The number of halogens is 2. The number of benzene rings is 2. The van der Waals surface area contributed by atoms with Gasteiger partial charge in [0.1, 0.15) is 0 Å². The van der Waals surface area contributed by atoms with E-state index in [0.717, 1.165) is 29.6 Å². The summed E-state index contributed by atoms with van der Waals surface area (Å²) in [6.45, 7) is 2.20. The summed E-state index contributed by atoms with van der Waals surface area (Å²) in [5.74, 6) is 0. The Labute approximate surface area is 145 Å². The summed E-state index contributed by atoms with van der Waals surface area (Å²) >= 11 is 12.1. The quantitative estimate of drug-likeness (QED) is 0.504. The van der Waals surface area contributed by atoms with Crippen LogP contribution in [-0.4, -0.2) is 4.98 Å². The highest BCUT2D eigenvalue weighted by Gasteiger charge is 2.21. The Morgan fingerprint density at radius 3 is 2.65 bits per heavy atom. The van der Waals surface area contributed by atoms with Crippen LogP contribution in [0.5, 0.6) is 0 Å². The van der Waals surface area contributed by atoms with E-state index in [2.05, 4.69) is 31.2 Å². The Bertz CT molecular complexity index is 957.